The van der Waals surface area contributed by atoms with Crippen LogP contribution >= 0.6 is 0 Å². The number of aromatic nitrogens is 2. The maximum Gasteiger partial charge on any atom is 0.260 e. The largest absolute Gasteiger partial charge is 0.391 e. The lowest BCUT2D eigenvalue weighted by atomic mass is 9.93. The molecular formula is C14H17N3O2. The summed E-state index contributed by atoms with van der Waals surface area (Å²) < 4.78 is 0. The van der Waals surface area contributed by atoms with Crippen molar-refractivity contribution in [3.8, 4) is 0 Å². The number of hydrogen-bond donors (Lipinski definition) is 3. The molecule has 0 bridgehead atoms. The minimum absolute atomic E-state index is 0.0296. The number of anilines is 1. The van der Waals surface area contributed by atoms with Gasteiger partial charge in [-0.05, 0) is 25.0 Å². The number of aliphatic hydroxyl groups excluding tert-OH is 1. The molecule has 2 aromatic rings. The molecule has 0 aliphatic heterocycles. The van der Waals surface area contributed by atoms with E-state index in [-0.39, 0.29) is 17.7 Å². The van der Waals surface area contributed by atoms with E-state index < -0.39 is 0 Å². The first-order valence-electron chi connectivity index (χ1n) is 6.68. The van der Waals surface area contributed by atoms with Crippen molar-refractivity contribution in [2.45, 2.75) is 37.8 Å². The summed E-state index contributed by atoms with van der Waals surface area (Å²) in [5.41, 5.74) is 0.512. The van der Waals surface area contributed by atoms with Crippen LogP contribution in [-0.4, -0.2) is 27.2 Å². The van der Waals surface area contributed by atoms with Crippen LogP contribution < -0.4 is 10.9 Å². The number of hydrogen-bond acceptors (Lipinski definition) is 4. The number of H-pyrrole nitrogens is 1. The van der Waals surface area contributed by atoms with Gasteiger partial charge in [-0.25, -0.2) is 4.98 Å². The molecule has 100 valence electrons. The Balaban J connectivity index is 1.91. The molecule has 1 aromatic heterocycles. The van der Waals surface area contributed by atoms with E-state index in [4.69, 9.17) is 0 Å². The lowest BCUT2D eigenvalue weighted by Gasteiger charge is -2.28. The highest BCUT2D eigenvalue weighted by Gasteiger charge is 2.23. The first kappa shape index (κ1) is 12.2. The highest BCUT2D eigenvalue weighted by molar-refractivity contribution is 5.78. The first-order chi connectivity index (χ1) is 9.24. The Bertz CT molecular complexity index is 638. The Labute approximate surface area is 110 Å². The number of nitrogens with zero attached hydrogens (tertiary/aromatic N) is 1. The van der Waals surface area contributed by atoms with Gasteiger partial charge < -0.3 is 10.4 Å². The minimum Gasteiger partial charge on any atom is -0.391 e. The van der Waals surface area contributed by atoms with Crippen molar-refractivity contribution in [3.63, 3.8) is 0 Å². The Morgan fingerprint density at radius 3 is 2.89 bits per heavy atom. The van der Waals surface area contributed by atoms with Crippen LogP contribution in [-0.2, 0) is 0 Å². The topological polar surface area (TPSA) is 78.0 Å². The van der Waals surface area contributed by atoms with E-state index in [0.29, 0.717) is 16.9 Å². The highest BCUT2D eigenvalue weighted by atomic mass is 16.3. The highest BCUT2D eigenvalue weighted by Crippen LogP contribution is 2.21. The van der Waals surface area contributed by atoms with Crippen LogP contribution in [0.2, 0.25) is 0 Å². The summed E-state index contributed by atoms with van der Waals surface area (Å²) >= 11 is 0. The molecule has 5 heteroatoms. The molecule has 2 atom stereocenters. The third kappa shape index (κ3) is 2.46. The molecule has 5 nitrogen and oxygen atoms in total. The molecular weight excluding hydrogens is 242 g/mol. The molecule has 19 heavy (non-hydrogen) atoms. The van der Waals surface area contributed by atoms with Crippen molar-refractivity contribution in [1.29, 1.82) is 0 Å². The van der Waals surface area contributed by atoms with E-state index in [2.05, 4.69) is 15.3 Å². The second kappa shape index (κ2) is 5.01. The van der Waals surface area contributed by atoms with E-state index in [9.17, 15) is 9.90 Å². The summed E-state index contributed by atoms with van der Waals surface area (Å²) in [6.45, 7) is 0. The zero-order valence-corrected chi connectivity index (χ0v) is 10.6. The second-order valence-electron chi connectivity index (χ2n) is 5.03. The van der Waals surface area contributed by atoms with Crippen LogP contribution in [0.3, 0.4) is 0 Å². The van der Waals surface area contributed by atoms with Gasteiger partial charge in [0.05, 0.1) is 23.0 Å². The van der Waals surface area contributed by atoms with Gasteiger partial charge in [-0.3, -0.25) is 9.78 Å². The average Bonchev–Trinajstić information content (AvgIpc) is 2.42. The maximum absolute atomic E-state index is 11.9. The van der Waals surface area contributed by atoms with Crippen LogP contribution in [0.1, 0.15) is 25.7 Å². The summed E-state index contributed by atoms with van der Waals surface area (Å²) in [5.74, 6) is 0.439. The molecule has 1 aromatic carbocycles. The molecule has 3 rings (SSSR count). The molecule has 1 saturated carbocycles. The molecule has 0 unspecified atom stereocenters. The maximum atomic E-state index is 11.9. The van der Waals surface area contributed by atoms with Crippen molar-refractivity contribution in [2.75, 3.05) is 5.32 Å². The van der Waals surface area contributed by atoms with Gasteiger partial charge in [-0.2, -0.15) is 0 Å². The van der Waals surface area contributed by atoms with Crippen LogP contribution in [0.25, 0.3) is 10.9 Å². The Hall–Kier alpha value is -1.88. The van der Waals surface area contributed by atoms with Crippen LogP contribution in [0.5, 0.6) is 0 Å². The molecule has 1 heterocycles. The van der Waals surface area contributed by atoms with Gasteiger partial charge in [0.1, 0.15) is 0 Å². The Kier molecular flexibility index (Phi) is 3.21. The molecule has 0 spiro atoms. The number of para-hydroxylation sites is 1. The van der Waals surface area contributed by atoms with Gasteiger partial charge in [0.2, 0.25) is 5.95 Å². The lowest BCUT2D eigenvalue weighted by molar-refractivity contribution is 0.116. The van der Waals surface area contributed by atoms with Crippen molar-refractivity contribution >= 4 is 16.9 Å². The zero-order chi connectivity index (χ0) is 13.2. The predicted molar refractivity (Wildman–Crippen MR) is 74.2 cm³/mol. The fourth-order valence-corrected chi connectivity index (χ4v) is 2.61. The second-order valence-corrected chi connectivity index (χ2v) is 5.03. The lowest BCUT2D eigenvalue weighted by Crippen LogP contribution is -2.37. The van der Waals surface area contributed by atoms with Crippen LogP contribution in [0, 0.1) is 0 Å². The molecule has 1 fully saturated rings. The fraction of sp³-hybridized carbons (Fsp3) is 0.429. The van der Waals surface area contributed by atoms with Gasteiger partial charge in [0.15, 0.2) is 0 Å². The quantitative estimate of drug-likeness (QED) is 0.766. The number of aliphatic hydroxyl groups is 1. The van der Waals surface area contributed by atoms with Gasteiger partial charge in [0.25, 0.3) is 5.56 Å². The van der Waals surface area contributed by atoms with Gasteiger partial charge >= 0.3 is 0 Å². The average molecular weight is 259 g/mol. The monoisotopic (exact) mass is 259 g/mol. The van der Waals surface area contributed by atoms with Gasteiger partial charge in [-0.1, -0.05) is 25.0 Å². The van der Waals surface area contributed by atoms with E-state index in [1.807, 2.05) is 18.2 Å². The van der Waals surface area contributed by atoms with Crippen LogP contribution in [0.15, 0.2) is 29.1 Å². The molecule has 1 aliphatic rings. The third-order valence-corrected chi connectivity index (χ3v) is 3.66. The summed E-state index contributed by atoms with van der Waals surface area (Å²) in [7, 11) is 0. The zero-order valence-electron chi connectivity index (χ0n) is 10.6. The number of aromatic amines is 1. The number of rotatable bonds is 2. The molecule has 0 saturated heterocycles. The fourth-order valence-electron chi connectivity index (χ4n) is 2.61. The Morgan fingerprint density at radius 1 is 1.26 bits per heavy atom. The summed E-state index contributed by atoms with van der Waals surface area (Å²) in [4.78, 5) is 19.0. The minimum atomic E-state index is -0.370. The van der Waals surface area contributed by atoms with Crippen LogP contribution in [0.4, 0.5) is 5.95 Å². The number of benzene rings is 1. The summed E-state index contributed by atoms with van der Waals surface area (Å²) in [6, 6.07) is 7.21. The van der Waals surface area contributed by atoms with E-state index >= 15 is 0 Å². The van der Waals surface area contributed by atoms with Crippen molar-refractivity contribution in [2.24, 2.45) is 0 Å². The third-order valence-electron chi connectivity index (χ3n) is 3.66. The number of nitrogens with one attached hydrogen (secondary N) is 2. The smallest absolute Gasteiger partial charge is 0.260 e. The van der Waals surface area contributed by atoms with E-state index in [1.54, 1.807) is 6.07 Å². The van der Waals surface area contributed by atoms with Crippen molar-refractivity contribution in [1.82, 2.24) is 9.97 Å². The van der Waals surface area contributed by atoms with Crippen molar-refractivity contribution in [3.05, 3.63) is 34.6 Å². The normalized spacial score (nSPS) is 23.4. The van der Waals surface area contributed by atoms with E-state index in [1.165, 1.54) is 0 Å². The van der Waals surface area contributed by atoms with E-state index in [0.717, 1.165) is 25.7 Å². The first-order valence-corrected chi connectivity index (χ1v) is 6.68. The van der Waals surface area contributed by atoms with Gasteiger partial charge in [-0.15, -0.1) is 0 Å². The summed E-state index contributed by atoms with van der Waals surface area (Å²) in [5, 5.41) is 13.7. The van der Waals surface area contributed by atoms with Crippen molar-refractivity contribution < 1.29 is 5.11 Å². The number of fused-ring (bicyclic) bond motifs is 1. The molecule has 3 N–H and O–H groups in total. The SMILES string of the molecule is O=c1[nH]c(N[C@@H]2CCCC[C@H]2O)nc2ccccc12. The summed E-state index contributed by atoms with van der Waals surface area (Å²) in [6.07, 6.45) is 3.48. The standard InChI is InChI=1S/C14H17N3O2/c18-12-8-4-3-7-11(12)16-14-15-10-6-2-1-5-9(10)13(19)17-14/h1-2,5-6,11-12,18H,3-4,7-8H2,(H2,15,16,17,19)/t11-,12-/m1/s1. The molecule has 0 radical (unpaired) electrons. The molecule has 0 amide bonds. The van der Waals surface area contributed by atoms with Gasteiger partial charge in [0, 0.05) is 0 Å². The Morgan fingerprint density at radius 2 is 2.05 bits per heavy atom. The molecule has 1 aliphatic carbocycles. The predicted octanol–water partition coefficient (Wildman–Crippen LogP) is 1.64.